The highest BCUT2D eigenvalue weighted by molar-refractivity contribution is 6.08. The summed E-state index contributed by atoms with van der Waals surface area (Å²) in [6.45, 7) is 4.53. The highest BCUT2D eigenvalue weighted by Crippen LogP contribution is 2.29. The van der Waals surface area contributed by atoms with Gasteiger partial charge in [0.15, 0.2) is 0 Å². The Morgan fingerprint density at radius 2 is 1.77 bits per heavy atom. The number of nitrogens with one attached hydrogen (secondary N) is 1. The zero-order chi connectivity index (χ0) is 18.5. The molecule has 26 heavy (non-hydrogen) atoms. The van der Waals surface area contributed by atoms with Crippen molar-refractivity contribution in [1.82, 2.24) is 0 Å². The smallest absolute Gasteiger partial charge is 0.263 e. The van der Waals surface area contributed by atoms with Crippen molar-refractivity contribution in [3.8, 4) is 11.5 Å². The number of carbonyl (C=O) groups excluding carboxylic acids is 1. The lowest BCUT2D eigenvalue weighted by molar-refractivity contribution is 0.0532. The molecule has 0 aliphatic carbocycles. The number of hydrogen-bond acceptors (Lipinski definition) is 5. The number of nitrogens with zero attached hydrogens (tertiary/aromatic N) is 1. The molecule has 138 valence electrons. The third-order valence-corrected chi connectivity index (χ3v) is 4.39. The number of methoxy groups -OCH3 is 2. The van der Waals surface area contributed by atoms with Crippen LogP contribution in [0.1, 0.15) is 17.3 Å². The van der Waals surface area contributed by atoms with Crippen LogP contribution < -0.4 is 19.7 Å². The molecule has 0 spiro atoms. The van der Waals surface area contributed by atoms with E-state index in [1.165, 1.54) is 14.2 Å². The van der Waals surface area contributed by atoms with Crippen molar-refractivity contribution in [2.45, 2.75) is 13.0 Å². The summed E-state index contributed by atoms with van der Waals surface area (Å²) in [5.41, 5.74) is 2.21. The van der Waals surface area contributed by atoms with Crippen molar-refractivity contribution in [3.63, 3.8) is 0 Å². The molecule has 1 aliphatic heterocycles. The van der Waals surface area contributed by atoms with Crippen LogP contribution in [0.15, 0.2) is 42.5 Å². The monoisotopic (exact) mass is 356 g/mol. The van der Waals surface area contributed by atoms with E-state index in [9.17, 15) is 4.79 Å². The molecular weight excluding hydrogens is 332 g/mol. The predicted molar refractivity (Wildman–Crippen MR) is 102 cm³/mol. The van der Waals surface area contributed by atoms with E-state index >= 15 is 0 Å². The van der Waals surface area contributed by atoms with Gasteiger partial charge >= 0.3 is 0 Å². The van der Waals surface area contributed by atoms with Crippen molar-refractivity contribution in [1.29, 1.82) is 0 Å². The summed E-state index contributed by atoms with van der Waals surface area (Å²) in [5, 5.41) is 2.90. The molecule has 1 aliphatic rings. The van der Waals surface area contributed by atoms with Gasteiger partial charge in [0.05, 0.1) is 26.9 Å². The Hall–Kier alpha value is -2.73. The molecule has 2 aromatic carbocycles. The van der Waals surface area contributed by atoms with Crippen LogP contribution in [0, 0.1) is 0 Å². The molecule has 1 N–H and O–H groups in total. The summed E-state index contributed by atoms with van der Waals surface area (Å²) in [7, 11) is 3.06. The maximum atomic E-state index is 12.7. The summed E-state index contributed by atoms with van der Waals surface area (Å²) in [6, 6.07) is 13.1. The molecule has 0 saturated carbocycles. The van der Waals surface area contributed by atoms with E-state index in [0.717, 1.165) is 25.4 Å². The van der Waals surface area contributed by atoms with Gasteiger partial charge < -0.3 is 24.4 Å². The number of anilines is 2. The van der Waals surface area contributed by atoms with E-state index in [-0.39, 0.29) is 12.0 Å². The van der Waals surface area contributed by atoms with Gasteiger partial charge in [0.2, 0.25) is 0 Å². The first-order chi connectivity index (χ1) is 12.6. The first kappa shape index (κ1) is 18.1. The highest BCUT2D eigenvalue weighted by atomic mass is 16.5. The van der Waals surface area contributed by atoms with E-state index < -0.39 is 0 Å². The SMILES string of the molecule is COc1cccc(OC)c1C(=O)Nc1ccc(N2CCOC(C)C2)cc1. The molecular formula is C20H24N2O4. The van der Waals surface area contributed by atoms with E-state index in [2.05, 4.69) is 17.1 Å². The molecule has 1 saturated heterocycles. The van der Waals surface area contributed by atoms with Crippen molar-refractivity contribution in [2.75, 3.05) is 44.1 Å². The van der Waals surface area contributed by atoms with Gasteiger partial charge in [-0.3, -0.25) is 4.79 Å². The summed E-state index contributed by atoms with van der Waals surface area (Å²) < 4.78 is 16.2. The van der Waals surface area contributed by atoms with E-state index in [1.807, 2.05) is 24.3 Å². The van der Waals surface area contributed by atoms with Crippen molar-refractivity contribution in [3.05, 3.63) is 48.0 Å². The molecule has 1 unspecified atom stereocenters. The Morgan fingerprint density at radius 3 is 2.35 bits per heavy atom. The molecule has 2 aromatic rings. The molecule has 1 amide bonds. The molecule has 6 heteroatoms. The largest absolute Gasteiger partial charge is 0.496 e. The molecule has 1 atom stereocenters. The van der Waals surface area contributed by atoms with E-state index in [0.29, 0.717) is 22.7 Å². The second-order valence-corrected chi connectivity index (χ2v) is 6.17. The van der Waals surface area contributed by atoms with E-state index in [1.54, 1.807) is 18.2 Å². The summed E-state index contributed by atoms with van der Waals surface area (Å²) in [6.07, 6.45) is 0.223. The Morgan fingerprint density at radius 1 is 1.12 bits per heavy atom. The van der Waals surface area contributed by atoms with Crippen LogP contribution >= 0.6 is 0 Å². The number of hydrogen-bond donors (Lipinski definition) is 1. The number of rotatable bonds is 5. The van der Waals surface area contributed by atoms with Crippen LogP contribution in [0.25, 0.3) is 0 Å². The van der Waals surface area contributed by atoms with Gasteiger partial charge in [-0.05, 0) is 43.3 Å². The normalized spacial score (nSPS) is 16.9. The van der Waals surface area contributed by atoms with E-state index in [4.69, 9.17) is 14.2 Å². The van der Waals surface area contributed by atoms with Crippen LogP contribution in [-0.2, 0) is 4.74 Å². The maximum absolute atomic E-state index is 12.7. The Kier molecular flexibility index (Phi) is 5.63. The number of morpholine rings is 1. The lowest BCUT2D eigenvalue weighted by Crippen LogP contribution is -2.41. The Balaban J connectivity index is 1.74. The van der Waals surface area contributed by atoms with Crippen LogP contribution in [0.3, 0.4) is 0 Å². The summed E-state index contributed by atoms with van der Waals surface area (Å²) >= 11 is 0. The molecule has 6 nitrogen and oxygen atoms in total. The van der Waals surface area contributed by atoms with Crippen LogP contribution in [0.4, 0.5) is 11.4 Å². The van der Waals surface area contributed by atoms with Gasteiger partial charge in [0.25, 0.3) is 5.91 Å². The lowest BCUT2D eigenvalue weighted by atomic mass is 10.1. The number of carbonyl (C=O) groups is 1. The van der Waals surface area contributed by atoms with Crippen molar-refractivity contribution in [2.24, 2.45) is 0 Å². The molecule has 1 heterocycles. The minimum Gasteiger partial charge on any atom is -0.496 e. The standard InChI is InChI=1S/C20H24N2O4/c1-14-13-22(11-12-26-14)16-9-7-15(8-10-16)21-20(23)19-17(24-2)5-4-6-18(19)25-3/h4-10,14H,11-13H2,1-3H3,(H,21,23). The fourth-order valence-corrected chi connectivity index (χ4v) is 3.08. The van der Waals surface area contributed by atoms with Gasteiger partial charge in [0.1, 0.15) is 17.1 Å². The molecule has 1 fully saturated rings. The number of amides is 1. The first-order valence-corrected chi connectivity index (χ1v) is 8.61. The molecule has 0 radical (unpaired) electrons. The predicted octanol–water partition coefficient (Wildman–Crippen LogP) is 3.18. The highest BCUT2D eigenvalue weighted by Gasteiger charge is 2.19. The maximum Gasteiger partial charge on any atom is 0.263 e. The van der Waals surface area contributed by atoms with Gasteiger partial charge in [-0.25, -0.2) is 0 Å². The third kappa shape index (κ3) is 3.91. The summed E-state index contributed by atoms with van der Waals surface area (Å²) in [4.78, 5) is 15.0. The topological polar surface area (TPSA) is 60.0 Å². The van der Waals surface area contributed by atoms with Gasteiger partial charge in [-0.15, -0.1) is 0 Å². The van der Waals surface area contributed by atoms with Crippen LogP contribution in [-0.4, -0.2) is 45.9 Å². The van der Waals surface area contributed by atoms with Gasteiger partial charge in [-0.1, -0.05) is 6.07 Å². The van der Waals surface area contributed by atoms with Crippen LogP contribution in [0.5, 0.6) is 11.5 Å². The van der Waals surface area contributed by atoms with Crippen molar-refractivity contribution < 1.29 is 19.0 Å². The van der Waals surface area contributed by atoms with Crippen molar-refractivity contribution >= 4 is 17.3 Å². The quantitative estimate of drug-likeness (QED) is 0.892. The third-order valence-electron chi connectivity index (χ3n) is 4.39. The zero-order valence-corrected chi connectivity index (χ0v) is 15.3. The Labute approximate surface area is 153 Å². The molecule has 3 rings (SSSR count). The molecule has 0 bridgehead atoms. The zero-order valence-electron chi connectivity index (χ0n) is 15.3. The molecule has 0 aromatic heterocycles. The average Bonchev–Trinajstić information content (AvgIpc) is 2.67. The summed E-state index contributed by atoms with van der Waals surface area (Å²) in [5.74, 6) is 0.675. The fraction of sp³-hybridized carbons (Fsp3) is 0.350. The second-order valence-electron chi connectivity index (χ2n) is 6.17. The first-order valence-electron chi connectivity index (χ1n) is 8.61. The minimum atomic E-state index is -0.271. The minimum absolute atomic E-state index is 0.223. The number of benzene rings is 2. The van der Waals surface area contributed by atoms with Crippen LogP contribution in [0.2, 0.25) is 0 Å². The Bertz CT molecular complexity index is 739. The van der Waals surface area contributed by atoms with Gasteiger partial charge in [0, 0.05) is 24.5 Å². The number of ether oxygens (including phenoxy) is 3. The second kappa shape index (κ2) is 8.10. The average molecular weight is 356 g/mol. The lowest BCUT2D eigenvalue weighted by Gasteiger charge is -2.33. The fourth-order valence-electron chi connectivity index (χ4n) is 3.08. The van der Waals surface area contributed by atoms with Gasteiger partial charge in [-0.2, -0.15) is 0 Å².